The molecular formula is C20H31ClN2OS. The molecule has 2 atom stereocenters. The molecule has 0 radical (unpaired) electrons. The summed E-state index contributed by atoms with van der Waals surface area (Å²) in [4.78, 5) is 14.0. The Balaban J connectivity index is 0.00000182. The fraction of sp³-hybridized carbons (Fsp3) is 0.750. The third kappa shape index (κ3) is 4.40. The zero-order chi connectivity index (χ0) is 16.4. The Morgan fingerprint density at radius 2 is 1.92 bits per heavy atom. The monoisotopic (exact) mass is 382 g/mol. The van der Waals surface area contributed by atoms with Gasteiger partial charge < -0.3 is 10.6 Å². The van der Waals surface area contributed by atoms with Crippen molar-refractivity contribution >= 4 is 29.7 Å². The minimum Gasteiger partial charge on any atom is -0.355 e. The van der Waals surface area contributed by atoms with E-state index in [-0.39, 0.29) is 23.7 Å². The molecule has 2 bridgehead atoms. The van der Waals surface area contributed by atoms with Crippen molar-refractivity contribution in [2.24, 2.45) is 5.92 Å². The summed E-state index contributed by atoms with van der Waals surface area (Å²) in [6, 6.07) is 5.78. The Morgan fingerprint density at radius 1 is 1.20 bits per heavy atom. The highest BCUT2D eigenvalue weighted by Gasteiger charge is 2.36. The van der Waals surface area contributed by atoms with E-state index in [2.05, 4.69) is 28.1 Å². The van der Waals surface area contributed by atoms with E-state index in [9.17, 15) is 4.79 Å². The quantitative estimate of drug-likeness (QED) is 0.791. The van der Waals surface area contributed by atoms with Crippen LogP contribution >= 0.6 is 23.7 Å². The molecule has 3 aliphatic rings. The van der Waals surface area contributed by atoms with Gasteiger partial charge in [0.15, 0.2) is 0 Å². The average molecular weight is 383 g/mol. The average Bonchev–Trinajstić information content (AvgIpc) is 3.24. The Labute approximate surface area is 161 Å². The summed E-state index contributed by atoms with van der Waals surface area (Å²) in [5.41, 5.74) is 0.204. The fourth-order valence-electron chi connectivity index (χ4n) is 5.26. The van der Waals surface area contributed by atoms with Gasteiger partial charge >= 0.3 is 0 Å². The fourth-order valence-corrected chi connectivity index (χ4v) is 6.25. The van der Waals surface area contributed by atoms with Crippen molar-refractivity contribution in [3.05, 3.63) is 22.4 Å². The number of hydrogen-bond acceptors (Lipinski definition) is 3. The Bertz CT molecular complexity index is 544. The molecule has 1 saturated carbocycles. The highest BCUT2D eigenvalue weighted by atomic mass is 35.5. The van der Waals surface area contributed by atoms with Crippen LogP contribution in [-0.4, -0.2) is 24.5 Å². The molecule has 4 rings (SSSR count). The van der Waals surface area contributed by atoms with E-state index in [1.807, 2.05) is 11.3 Å². The topological polar surface area (TPSA) is 41.1 Å². The molecule has 5 heteroatoms. The number of nitrogens with one attached hydrogen (secondary N) is 2. The molecule has 3 nitrogen and oxygen atoms in total. The maximum atomic E-state index is 12.6. The number of carbonyl (C=O) groups is 1. The number of piperidine rings is 1. The molecule has 3 fully saturated rings. The van der Waals surface area contributed by atoms with Crippen LogP contribution in [0.25, 0.3) is 0 Å². The second kappa shape index (κ2) is 8.41. The van der Waals surface area contributed by atoms with Crippen molar-refractivity contribution in [2.45, 2.75) is 81.7 Å². The molecule has 1 aromatic rings. The lowest BCUT2D eigenvalue weighted by Crippen LogP contribution is -2.43. The zero-order valence-corrected chi connectivity index (χ0v) is 16.6. The molecule has 25 heavy (non-hydrogen) atoms. The van der Waals surface area contributed by atoms with Crippen molar-refractivity contribution in [2.75, 3.05) is 6.54 Å². The summed E-state index contributed by atoms with van der Waals surface area (Å²) in [6.07, 6.45) is 12.1. The first kappa shape index (κ1) is 19.2. The van der Waals surface area contributed by atoms with E-state index in [1.165, 1.54) is 62.7 Å². The van der Waals surface area contributed by atoms with Crippen LogP contribution in [0, 0.1) is 5.92 Å². The second-order valence-corrected chi connectivity index (χ2v) is 9.22. The normalized spacial score (nSPS) is 30.5. The molecule has 0 aromatic carbocycles. The molecule has 2 N–H and O–H groups in total. The lowest BCUT2D eigenvalue weighted by Gasteiger charge is -2.37. The van der Waals surface area contributed by atoms with Gasteiger partial charge in [-0.25, -0.2) is 0 Å². The molecule has 1 aliphatic carbocycles. The van der Waals surface area contributed by atoms with E-state index < -0.39 is 0 Å². The van der Waals surface area contributed by atoms with Crippen LogP contribution in [0.5, 0.6) is 0 Å². The van der Waals surface area contributed by atoms with Gasteiger partial charge in [-0.1, -0.05) is 25.3 Å². The summed E-state index contributed by atoms with van der Waals surface area (Å²) in [5.74, 6) is 0.871. The maximum Gasteiger partial charge on any atom is 0.220 e. The number of hydrogen-bond donors (Lipinski definition) is 2. The van der Waals surface area contributed by atoms with Crippen LogP contribution in [0.4, 0.5) is 0 Å². The molecule has 3 heterocycles. The van der Waals surface area contributed by atoms with E-state index in [1.54, 1.807) is 0 Å². The van der Waals surface area contributed by atoms with Gasteiger partial charge in [0.1, 0.15) is 0 Å². The van der Waals surface area contributed by atoms with Crippen molar-refractivity contribution in [1.82, 2.24) is 10.6 Å². The van der Waals surface area contributed by atoms with Gasteiger partial charge in [-0.05, 0) is 55.9 Å². The molecule has 1 amide bonds. The van der Waals surface area contributed by atoms with Crippen LogP contribution in [0.1, 0.15) is 69.1 Å². The Kier molecular flexibility index (Phi) is 6.45. The smallest absolute Gasteiger partial charge is 0.220 e. The third-order valence-corrected chi connectivity index (χ3v) is 7.64. The van der Waals surface area contributed by atoms with Gasteiger partial charge in [0, 0.05) is 35.3 Å². The molecule has 140 valence electrons. The van der Waals surface area contributed by atoms with Gasteiger partial charge in [-0.3, -0.25) is 4.79 Å². The second-order valence-electron chi connectivity index (χ2n) is 8.27. The predicted octanol–water partition coefficient (Wildman–Crippen LogP) is 4.41. The summed E-state index contributed by atoms with van der Waals surface area (Å²) >= 11 is 1.86. The van der Waals surface area contributed by atoms with Crippen molar-refractivity contribution in [3.63, 3.8) is 0 Å². The predicted molar refractivity (Wildman–Crippen MR) is 107 cm³/mol. The summed E-state index contributed by atoms with van der Waals surface area (Å²) < 4.78 is 0. The van der Waals surface area contributed by atoms with Gasteiger partial charge in [-0.2, -0.15) is 0 Å². The van der Waals surface area contributed by atoms with Gasteiger partial charge in [-0.15, -0.1) is 23.7 Å². The zero-order valence-electron chi connectivity index (χ0n) is 15.0. The molecule has 2 aliphatic heterocycles. The first-order chi connectivity index (χ1) is 11.7. The highest BCUT2D eigenvalue weighted by Crippen LogP contribution is 2.41. The largest absolute Gasteiger partial charge is 0.355 e. The van der Waals surface area contributed by atoms with Crippen molar-refractivity contribution in [1.29, 1.82) is 0 Å². The van der Waals surface area contributed by atoms with Crippen LogP contribution in [-0.2, 0) is 10.2 Å². The number of carbonyl (C=O) groups excluding carboxylic acids is 1. The first-order valence-electron chi connectivity index (χ1n) is 9.80. The number of halogens is 1. The third-order valence-electron chi connectivity index (χ3n) is 6.52. The summed E-state index contributed by atoms with van der Waals surface area (Å²) in [7, 11) is 0. The SMILES string of the molecule is Cl.O=C(CC1CC2CCC(C1)N2)NCC1(c2cccs2)CCCCC1. The van der Waals surface area contributed by atoms with E-state index in [0.717, 1.165) is 13.0 Å². The Hall–Kier alpha value is -0.580. The van der Waals surface area contributed by atoms with Crippen molar-refractivity contribution < 1.29 is 4.79 Å². The maximum absolute atomic E-state index is 12.6. The van der Waals surface area contributed by atoms with E-state index in [4.69, 9.17) is 0 Å². The van der Waals surface area contributed by atoms with Crippen LogP contribution in [0.3, 0.4) is 0 Å². The molecule has 2 unspecified atom stereocenters. The lowest BCUT2D eigenvalue weighted by atomic mass is 9.73. The number of fused-ring (bicyclic) bond motifs is 2. The molecular weight excluding hydrogens is 352 g/mol. The van der Waals surface area contributed by atoms with Crippen LogP contribution in [0.15, 0.2) is 17.5 Å². The number of amides is 1. The van der Waals surface area contributed by atoms with Gasteiger partial charge in [0.25, 0.3) is 0 Å². The molecule has 2 saturated heterocycles. The highest BCUT2D eigenvalue weighted by molar-refractivity contribution is 7.10. The van der Waals surface area contributed by atoms with Gasteiger partial charge in [0.2, 0.25) is 5.91 Å². The van der Waals surface area contributed by atoms with E-state index in [0.29, 0.717) is 18.0 Å². The van der Waals surface area contributed by atoms with Gasteiger partial charge in [0.05, 0.1) is 0 Å². The lowest BCUT2D eigenvalue weighted by molar-refractivity contribution is -0.122. The minimum absolute atomic E-state index is 0. The summed E-state index contributed by atoms with van der Waals surface area (Å²) in [5, 5.41) is 9.18. The Morgan fingerprint density at radius 3 is 2.56 bits per heavy atom. The van der Waals surface area contributed by atoms with Crippen LogP contribution < -0.4 is 10.6 Å². The number of rotatable bonds is 5. The standard InChI is InChI=1S/C20H30N2OS.ClH/c23-19(13-15-11-16-6-7-17(12-15)22-16)21-14-20(8-2-1-3-9-20)18-5-4-10-24-18;/h4-5,10,15-17,22H,1-3,6-9,11-14H2,(H,21,23);1H. The molecule has 1 aromatic heterocycles. The van der Waals surface area contributed by atoms with Crippen molar-refractivity contribution in [3.8, 4) is 0 Å². The molecule has 0 spiro atoms. The summed E-state index contributed by atoms with van der Waals surface area (Å²) in [6.45, 7) is 0.837. The first-order valence-corrected chi connectivity index (χ1v) is 10.7. The minimum atomic E-state index is 0. The van der Waals surface area contributed by atoms with Crippen LogP contribution in [0.2, 0.25) is 0 Å². The number of thiophene rings is 1. The van der Waals surface area contributed by atoms with E-state index >= 15 is 0 Å².